The summed E-state index contributed by atoms with van der Waals surface area (Å²) in [6, 6.07) is 8.18. The summed E-state index contributed by atoms with van der Waals surface area (Å²) in [5, 5.41) is 23.2. The van der Waals surface area contributed by atoms with Gasteiger partial charge in [0.15, 0.2) is 5.69 Å². The van der Waals surface area contributed by atoms with Crippen molar-refractivity contribution in [3.63, 3.8) is 0 Å². The van der Waals surface area contributed by atoms with Crippen LogP contribution in [0.4, 0.5) is 11.4 Å². The van der Waals surface area contributed by atoms with Crippen LogP contribution >= 0.6 is 23.8 Å². The Morgan fingerprint density at radius 2 is 2.03 bits per heavy atom. The van der Waals surface area contributed by atoms with E-state index >= 15 is 0 Å². The molecule has 0 aliphatic carbocycles. The lowest BCUT2D eigenvalue weighted by atomic mass is 10.0. The highest BCUT2D eigenvalue weighted by Crippen LogP contribution is 2.40. The van der Waals surface area contributed by atoms with Gasteiger partial charge in [0.2, 0.25) is 21.0 Å². The van der Waals surface area contributed by atoms with Crippen LogP contribution in [0.15, 0.2) is 58.1 Å². The summed E-state index contributed by atoms with van der Waals surface area (Å²) in [4.78, 5) is 0.133. The Balaban J connectivity index is 1.70. The first kappa shape index (κ1) is 28.0. The molecule has 1 aromatic heterocycles. The van der Waals surface area contributed by atoms with Gasteiger partial charge in [0, 0.05) is 36.1 Å². The number of benzene rings is 2. The van der Waals surface area contributed by atoms with Crippen molar-refractivity contribution in [2.45, 2.75) is 38.1 Å². The minimum Gasteiger partial charge on any atom is -0.495 e. The number of methoxy groups -OCH3 is 1. The number of nitrogens with one attached hydrogen (secondary N) is 1. The van der Waals surface area contributed by atoms with Crippen molar-refractivity contribution in [3.05, 3.63) is 53.6 Å². The first-order chi connectivity index (χ1) is 18.1. The van der Waals surface area contributed by atoms with Crippen molar-refractivity contribution >= 4 is 61.2 Å². The normalized spacial score (nSPS) is 15.3. The maximum Gasteiger partial charge on any atom is 0.243 e. The predicted octanol–water partition coefficient (Wildman–Crippen LogP) is 6.40. The fraction of sp³-hybridized carbons (Fsp3) is 0.346. The zero-order valence-corrected chi connectivity index (χ0v) is 23.8. The van der Waals surface area contributed by atoms with Crippen molar-refractivity contribution in [2.75, 3.05) is 25.5 Å². The lowest BCUT2D eigenvalue weighted by Crippen LogP contribution is -2.37. The first-order valence-electron chi connectivity index (χ1n) is 12.1. The fourth-order valence-corrected chi connectivity index (χ4v) is 6.22. The van der Waals surface area contributed by atoms with E-state index < -0.39 is 10.0 Å². The number of halogens is 1. The Bertz CT molecular complexity index is 1530. The first-order valence-corrected chi connectivity index (χ1v) is 14.3. The molecule has 2 N–H and O–H groups in total. The third-order valence-electron chi connectivity index (χ3n) is 6.64. The molecule has 0 amide bonds. The van der Waals surface area contributed by atoms with Crippen LogP contribution < -0.4 is 10.1 Å². The van der Waals surface area contributed by atoms with Crippen LogP contribution in [0.2, 0.25) is 5.02 Å². The van der Waals surface area contributed by atoms with Crippen molar-refractivity contribution in [1.82, 2.24) is 8.87 Å². The highest BCUT2D eigenvalue weighted by atomic mass is 35.5. The van der Waals surface area contributed by atoms with Crippen LogP contribution in [0, 0.1) is 12.8 Å². The van der Waals surface area contributed by atoms with E-state index in [0.29, 0.717) is 46.4 Å². The van der Waals surface area contributed by atoms with Gasteiger partial charge in [0.05, 0.1) is 23.2 Å². The minimum absolute atomic E-state index is 0.0141. The van der Waals surface area contributed by atoms with Gasteiger partial charge >= 0.3 is 0 Å². The number of ether oxygens (including phenoxy) is 1. The third-order valence-corrected chi connectivity index (χ3v) is 9.12. The maximum atomic E-state index is 13.4. The monoisotopic (exact) mass is 575 g/mol. The molecule has 0 saturated carbocycles. The number of anilines is 1. The lowest BCUT2D eigenvalue weighted by molar-refractivity contribution is 0.288. The Labute approximate surface area is 232 Å². The number of thiocarbonyl (C=S) groups is 1. The van der Waals surface area contributed by atoms with Crippen molar-refractivity contribution in [1.29, 1.82) is 0 Å². The second-order valence-corrected chi connectivity index (χ2v) is 12.0. The molecule has 1 aliphatic heterocycles. The van der Waals surface area contributed by atoms with Gasteiger partial charge in [0.1, 0.15) is 5.75 Å². The number of aromatic nitrogens is 1. The molecule has 1 fully saturated rings. The molecular weight excluding hydrogens is 546 g/mol. The highest BCUT2D eigenvalue weighted by Gasteiger charge is 2.29. The molecule has 38 heavy (non-hydrogen) atoms. The van der Waals surface area contributed by atoms with E-state index in [-0.39, 0.29) is 28.1 Å². The number of aryl methyl sites for hydroxylation is 1. The van der Waals surface area contributed by atoms with Crippen molar-refractivity contribution in [3.8, 4) is 11.6 Å². The predicted molar refractivity (Wildman–Crippen MR) is 154 cm³/mol. The van der Waals surface area contributed by atoms with Gasteiger partial charge in [-0.25, -0.2) is 8.42 Å². The molecule has 0 radical (unpaired) electrons. The molecule has 202 valence electrons. The zero-order valence-electron chi connectivity index (χ0n) is 21.4. The van der Waals surface area contributed by atoms with Gasteiger partial charge in [-0.15, -0.1) is 16.8 Å². The van der Waals surface area contributed by atoms with E-state index in [1.165, 1.54) is 17.5 Å². The largest absolute Gasteiger partial charge is 0.495 e. The van der Waals surface area contributed by atoms with Crippen LogP contribution in [-0.4, -0.2) is 47.7 Å². The number of nitrogens with zero attached hydrogens (tertiary/aromatic N) is 4. The Kier molecular flexibility index (Phi) is 8.41. The van der Waals surface area contributed by atoms with Gasteiger partial charge in [-0.2, -0.15) is 4.31 Å². The molecule has 1 saturated heterocycles. The number of sulfonamides is 1. The number of azo groups is 1. The molecule has 0 spiro atoms. The van der Waals surface area contributed by atoms with Crippen LogP contribution in [0.3, 0.4) is 0 Å². The van der Waals surface area contributed by atoms with E-state index in [4.69, 9.17) is 28.6 Å². The fourth-order valence-electron chi connectivity index (χ4n) is 4.42. The summed E-state index contributed by atoms with van der Waals surface area (Å²) in [6.07, 6.45) is 3.26. The number of piperidine rings is 1. The molecule has 1 aliphatic rings. The van der Waals surface area contributed by atoms with E-state index in [1.807, 2.05) is 6.92 Å². The van der Waals surface area contributed by atoms with Gasteiger partial charge in [0.25, 0.3) is 0 Å². The molecule has 0 bridgehead atoms. The van der Waals surface area contributed by atoms with Crippen LogP contribution in [0.1, 0.15) is 25.3 Å². The zero-order chi connectivity index (χ0) is 27.6. The Morgan fingerprint density at radius 1 is 1.32 bits per heavy atom. The SMILES string of the molecule is C=CCn1c(O)c(N=NC(=S)Nc2cc(C)c(Cl)cc2OC)c2cc(S(=O)(=O)N3CCC(C)CC3)ccc21. The molecule has 4 rings (SSSR count). The van der Waals surface area contributed by atoms with Crippen molar-refractivity contribution in [2.24, 2.45) is 16.1 Å². The van der Waals surface area contributed by atoms with Gasteiger partial charge < -0.3 is 19.7 Å². The topological polar surface area (TPSA) is 109 Å². The second-order valence-electron chi connectivity index (χ2n) is 9.27. The third kappa shape index (κ3) is 5.56. The van der Waals surface area contributed by atoms with Gasteiger partial charge in [-0.1, -0.05) is 24.6 Å². The second kappa shape index (κ2) is 11.4. The summed E-state index contributed by atoms with van der Waals surface area (Å²) in [7, 11) is -2.20. The number of hydrogen-bond acceptors (Lipinski definition) is 6. The molecule has 12 heteroatoms. The number of aromatic hydroxyl groups is 1. The van der Waals surface area contributed by atoms with E-state index in [9.17, 15) is 13.5 Å². The average Bonchev–Trinajstić information content (AvgIpc) is 3.15. The maximum absolute atomic E-state index is 13.4. The number of hydrogen-bond donors (Lipinski definition) is 2. The molecule has 0 unspecified atom stereocenters. The summed E-state index contributed by atoms with van der Waals surface area (Å²) in [5.41, 5.74) is 2.07. The Hall–Kier alpha value is -2.99. The van der Waals surface area contributed by atoms with E-state index in [2.05, 4.69) is 29.0 Å². The molecule has 0 atom stereocenters. The molecule has 2 aromatic carbocycles. The number of rotatable bonds is 7. The van der Waals surface area contributed by atoms with Gasteiger partial charge in [-0.3, -0.25) is 0 Å². The quantitative estimate of drug-likeness (QED) is 0.191. The van der Waals surface area contributed by atoms with E-state index in [0.717, 1.165) is 18.4 Å². The van der Waals surface area contributed by atoms with Crippen LogP contribution in [-0.2, 0) is 16.6 Å². The van der Waals surface area contributed by atoms with E-state index in [1.54, 1.807) is 34.9 Å². The minimum atomic E-state index is -3.71. The summed E-state index contributed by atoms with van der Waals surface area (Å²) in [5.74, 6) is 0.799. The van der Waals surface area contributed by atoms with Crippen molar-refractivity contribution < 1.29 is 18.3 Å². The summed E-state index contributed by atoms with van der Waals surface area (Å²) < 4.78 is 35.2. The molecular formula is C26H30ClN5O4S2. The average molecular weight is 576 g/mol. The summed E-state index contributed by atoms with van der Waals surface area (Å²) >= 11 is 11.5. The van der Waals surface area contributed by atoms with Crippen LogP contribution in [0.5, 0.6) is 11.6 Å². The lowest BCUT2D eigenvalue weighted by Gasteiger charge is -2.29. The molecule has 9 nitrogen and oxygen atoms in total. The summed E-state index contributed by atoms with van der Waals surface area (Å²) in [6.45, 7) is 8.96. The van der Waals surface area contributed by atoms with Crippen LogP contribution in [0.25, 0.3) is 10.9 Å². The Morgan fingerprint density at radius 3 is 2.68 bits per heavy atom. The number of fused-ring (bicyclic) bond motifs is 1. The molecule has 3 aromatic rings. The highest BCUT2D eigenvalue weighted by molar-refractivity contribution is 7.89. The molecule has 2 heterocycles. The number of allylic oxidation sites excluding steroid dienone is 1. The van der Waals surface area contributed by atoms with Gasteiger partial charge in [-0.05, 0) is 67.7 Å². The standard InChI is InChI=1S/C26H30ClN5O4S2/c1-5-10-32-22-7-6-18(38(34,35)31-11-8-16(2)9-12-31)14-19(22)24(25(32)33)29-30-26(37)28-21-13-17(3)20(27)15-23(21)36-4/h5-7,13-16,33H,1,8-12H2,2-4H3,(H,28,37). The smallest absolute Gasteiger partial charge is 0.243 e.